The molecule has 0 aromatic heterocycles. The molecule has 0 saturated heterocycles. The lowest BCUT2D eigenvalue weighted by Gasteiger charge is -2.28. The lowest BCUT2D eigenvalue weighted by atomic mass is 9.84. The Labute approximate surface area is 154 Å². The van der Waals surface area contributed by atoms with Gasteiger partial charge in [0.15, 0.2) is 0 Å². The Hall–Kier alpha value is -2.30. The third-order valence-electron chi connectivity index (χ3n) is 5.38. The van der Waals surface area contributed by atoms with E-state index in [1.165, 1.54) is 19.3 Å². The second-order valence-corrected chi connectivity index (χ2v) is 7.19. The molecule has 1 saturated carbocycles. The van der Waals surface area contributed by atoms with Crippen LogP contribution in [0.1, 0.15) is 56.9 Å². The zero-order valence-corrected chi connectivity index (χ0v) is 15.5. The van der Waals surface area contributed by atoms with Gasteiger partial charge in [-0.25, -0.2) is 4.79 Å². The molecule has 2 aliphatic rings. The number of hydrogen-bond acceptors (Lipinski definition) is 4. The Morgan fingerprint density at radius 3 is 2.65 bits per heavy atom. The van der Waals surface area contributed by atoms with E-state index in [-0.39, 0.29) is 24.2 Å². The van der Waals surface area contributed by atoms with E-state index in [4.69, 9.17) is 9.47 Å². The minimum Gasteiger partial charge on any atom is -0.496 e. The first-order chi connectivity index (χ1) is 12.6. The molecule has 140 valence electrons. The van der Waals surface area contributed by atoms with Gasteiger partial charge in [-0.3, -0.25) is 4.79 Å². The number of carbonyl (C=O) groups excluding carboxylic acids is 2. The van der Waals surface area contributed by atoms with Crippen molar-refractivity contribution in [3.63, 3.8) is 0 Å². The molecule has 1 aliphatic heterocycles. The van der Waals surface area contributed by atoms with Crippen LogP contribution in [0.15, 0.2) is 35.5 Å². The monoisotopic (exact) mass is 357 g/mol. The van der Waals surface area contributed by atoms with Crippen LogP contribution in [0.4, 0.5) is 0 Å². The SMILES string of the molecule is COc1ccccc1C1CC(=O)NC(C)=C1C(=O)OCC1CCCCC1. The van der Waals surface area contributed by atoms with Crippen LogP contribution in [0.2, 0.25) is 0 Å². The first-order valence-electron chi connectivity index (χ1n) is 9.40. The average molecular weight is 357 g/mol. The fraction of sp³-hybridized carbons (Fsp3) is 0.524. The fourth-order valence-electron chi connectivity index (χ4n) is 4.02. The Bertz CT molecular complexity index is 704. The van der Waals surface area contributed by atoms with E-state index in [1.54, 1.807) is 14.0 Å². The summed E-state index contributed by atoms with van der Waals surface area (Å²) in [4.78, 5) is 25.0. The number of hydrogen-bond donors (Lipinski definition) is 1. The van der Waals surface area contributed by atoms with Gasteiger partial charge < -0.3 is 14.8 Å². The predicted octanol–water partition coefficient (Wildman–Crippen LogP) is 3.70. The standard InChI is InChI=1S/C21H27NO4/c1-14-20(21(24)26-13-15-8-4-3-5-9-15)17(12-19(23)22-14)16-10-6-7-11-18(16)25-2/h6-7,10-11,15,17H,3-5,8-9,12-13H2,1-2H3,(H,22,23). The van der Waals surface area contributed by atoms with E-state index in [0.717, 1.165) is 18.4 Å². The third kappa shape index (κ3) is 4.09. The van der Waals surface area contributed by atoms with Crippen molar-refractivity contribution in [3.05, 3.63) is 41.1 Å². The quantitative estimate of drug-likeness (QED) is 0.816. The van der Waals surface area contributed by atoms with Gasteiger partial charge in [0, 0.05) is 23.6 Å². The minimum absolute atomic E-state index is 0.0952. The number of ether oxygens (including phenoxy) is 2. The van der Waals surface area contributed by atoms with Crippen molar-refractivity contribution in [2.75, 3.05) is 13.7 Å². The number of allylic oxidation sites excluding steroid dienone is 1. The van der Waals surface area contributed by atoms with Crippen molar-refractivity contribution in [3.8, 4) is 5.75 Å². The molecular weight excluding hydrogens is 330 g/mol. The Morgan fingerprint density at radius 1 is 1.19 bits per heavy atom. The summed E-state index contributed by atoms with van der Waals surface area (Å²) < 4.78 is 11.1. The van der Waals surface area contributed by atoms with E-state index in [9.17, 15) is 9.59 Å². The fourth-order valence-corrected chi connectivity index (χ4v) is 4.02. The molecule has 1 amide bonds. The first-order valence-corrected chi connectivity index (χ1v) is 9.40. The summed E-state index contributed by atoms with van der Waals surface area (Å²) in [5.41, 5.74) is 1.95. The Kier molecular flexibility index (Phi) is 5.96. The molecule has 1 atom stereocenters. The molecule has 3 rings (SSSR count). The highest BCUT2D eigenvalue weighted by atomic mass is 16.5. The number of benzene rings is 1. The summed E-state index contributed by atoms with van der Waals surface area (Å²) in [5.74, 6) is 0.360. The summed E-state index contributed by atoms with van der Waals surface area (Å²) in [5, 5.41) is 2.78. The number of nitrogens with one attached hydrogen (secondary N) is 1. The van der Waals surface area contributed by atoms with Crippen molar-refractivity contribution in [1.29, 1.82) is 0 Å². The van der Waals surface area contributed by atoms with E-state index in [1.807, 2.05) is 24.3 Å². The van der Waals surface area contributed by atoms with Crippen LogP contribution in [0, 0.1) is 5.92 Å². The van der Waals surface area contributed by atoms with Gasteiger partial charge in [0.2, 0.25) is 5.91 Å². The van der Waals surface area contributed by atoms with Gasteiger partial charge in [-0.15, -0.1) is 0 Å². The minimum atomic E-state index is -0.348. The van der Waals surface area contributed by atoms with E-state index >= 15 is 0 Å². The number of methoxy groups -OCH3 is 1. The Balaban J connectivity index is 1.82. The second kappa shape index (κ2) is 8.39. The average Bonchev–Trinajstić information content (AvgIpc) is 2.66. The summed E-state index contributed by atoms with van der Waals surface area (Å²) >= 11 is 0. The van der Waals surface area contributed by atoms with Gasteiger partial charge in [0.1, 0.15) is 5.75 Å². The molecular formula is C21H27NO4. The van der Waals surface area contributed by atoms with Gasteiger partial charge in [-0.1, -0.05) is 37.5 Å². The maximum absolute atomic E-state index is 12.9. The van der Waals surface area contributed by atoms with E-state index in [2.05, 4.69) is 5.32 Å². The number of amides is 1. The lowest BCUT2D eigenvalue weighted by molar-refractivity contribution is -0.141. The molecule has 5 heteroatoms. The number of esters is 1. The smallest absolute Gasteiger partial charge is 0.336 e. The van der Waals surface area contributed by atoms with E-state index < -0.39 is 0 Å². The van der Waals surface area contributed by atoms with Crippen LogP contribution >= 0.6 is 0 Å². The van der Waals surface area contributed by atoms with Crippen molar-refractivity contribution in [1.82, 2.24) is 5.32 Å². The summed E-state index contributed by atoms with van der Waals surface area (Å²) in [6.45, 7) is 2.22. The molecule has 0 bridgehead atoms. The van der Waals surface area contributed by atoms with Gasteiger partial charge in [0.25, 0.3) is 0 Å². The first kappa shape index (κ1) is 18.5. The molecule has 0 spiro atoms. The molecule has 26 heavy (non-hydrogen) atoms. The van der Waals surface area contributed by atoms with Crippen molar-refractivity contribution in [2.45, 2.75) is 51.4 Å². The summed E-state index contributed by atoms with van der Waals surface area (Å²) in [7, 11) is 1.60. The van der Waals surface area contributed by atoms with Crippen molar-refractivity contribution < 1.29 is 19.1 Å². The highest BCUT2D eigenvalue weighted by molar-refractivity contribution is 5.96. The van der Waals surface area contributed by atoms with Crippen molar-refractivity contribution >= 4 is 11.9 Å². The summed E-state index contributed by atoms with van der Waals surface area (Å²) in [6.07, 6.45) is 6.16. The zero-order valence-electron chi connectivity index (χ0n) is 15.5. The number of rotatable bonds is 5. The molecule has 1 aromatic rings. The number of para-hydroxylation sites is 1. The highest BCUT2D eigenvalue weighted by Gasteiger charge is 2.34. The highest BCUT2D eigenvalue weighted by Crippen LogP contribution is 2.38. The van der Waals surface area contributed by atoms with Crippen LogP contribution < -0.4 is 10.1 Å². The molecule has 1 unspecified atom stereocenters. The molecule has 1 heterocycles. The molecule has 1 fully saturated rings. The van der Waals surface area contributed by atoms with Crippen LogP contribution in [0.5, 0.6) is 5.75 Å². The zero-order chi connectivity index (χ0) is 18.5. The maximum atomic E-state index is 12.9. The van der Waals surface area contributed by atoms with Gasteiger partial charge >= 0.3 is 5.97 Å². The maximum Gasteiger partial charge on any atom is 0.336 e. The lowest BCUT2D eigenvalue weighted by Crippen LogP contribution is -2.34. The molecule has 0 radical (unpaired) electrons. The normalized spacial score (nSPS) is 21.3. The molecule has 5 nitrogen and oxygen atoms in total. The Morgan fingerprint density at radius 2 is 1.92 bits per heavy atom. The van der Waals surface area contributed by atoms with Crippen LogP contribution in [-0.4, -0.2) is 25.6 Å². The van der Waals surface area contributed by atoms with E-state index in [0.29, 0.717) is 29.5 Å². The molecule has 1 aliphatic carbocycles. The van der Waals surface area contributed by atoms with Crippen LogP contribution in [0.3, 0.4) is 0 Å². The molecule has 1 N–H and O–H groups in total. The van der Waals surface area contributed by atoms with Crippen LogP contribution in [0.25, 0.3) is 0 Å². The molecule has 1 aromatic carbocycles. The predicted molar refractivity (Wildman–Crippen MR) is 98.7 cm³/mol. The van der Waals surface area contributed by atoms with Crippen LogP contribution in [-0.2, 0) is 14.3 Å². The third-order valence-corrected chi connectivity index (χ3v) is 5.38. The van der Waals surface area contributed by atoms with Gasteiger partial charge in [-0.2, -0.15) is 0 Å². The number of carbonyl (C=O) groups is 2. The van der Waals surface area contributed by atoms with Gasteiger partial charge in [-0.05, 0) is 31.7 Å². The largest absolute Gasteiger partial charge is 0.496 e. The summed E-state index contributed by atoms with van der Waals surface area (Å²) in [6, 6.07) is 7.53. The van der Waals surface area contributed by atoms with Crippen molar-refractivity contribution in [2.24, 2.45) is 5.92 Å². The van der Waals surface area contributed by atoms with Gasteiger partial charge in [0.05, 0.1) is 19.3 Å². The second-order valence-electron chi connectivity index (χ2n) is 7.19. The topological polar surface area (TPSA) is 64.6 Å².